The van der Waals surface area contributed by atoms with Crippen LogP contribution in [0, 0.1) is 30.1 Å². The Morgan fingerprint density at radius 1 is 1.18 bits per heavy atom. The van der Waals surface area contributed by atoms with Crippen LogP contribution in [0.25, 0.3) is 21.5 Å². The molecule has 38 heavy (non-hydrogen) atoms. The number of hydrogen-bond acceptors (Lipinski definition) is 7. The number of aromatic nitrogens is 2. The summed E-state index contributed by atoms with van der Waals surface area (Å²) in [5.74, 6) is -1.76. The minimum Gasteiger partial charge on any atom is -0.462 e. The summed E-state index contributed by atoms with van der Waals surface area (Å²) in [5, 5.41) is 0. The van der Waals surface area contributed by atoms with Crippen molar-refractivity contribution in [2.24, 2.45) is 23.2 Å². The lowest BCUT2D eigenvalue weighted by atomic mass is 10.0. The number of halogens is 3. The second-order valence-electron chi connectivity index (χ2n) is 10.9. The summed E-state index contributed by atoms with van der Waals surface area (Å²) in [6, 6.07) is 4.05. The largest absolute Gasteiger partial charge is 0.462 e. The predicted molar refractivity (Wildman–Crippen MR) is 134 cm³/mol. The summed E-state index contributed by atoms with van der Waals surface area (Å²) in [7, 11) is 0. The number of aryl methyl sites for hydroxylation is 1. The van der Waals surface area contributed by atoms with E-state index in [-0.39, 0.29) is 65.0 Å². The third-order valence-corrected chi connectivity index (χ3v) is 8.32. The smallest absolute Gasteiger partial charge is 0.433 e. The maximum atomic E-state index is 13.7. The summed E-state index contributed by atoms with van der Waals surface area (Å²) in [5.41, 5.74) is -0.801. The number of alkyl halides is 3. The molecule has 0 radical (unpaired) electrons. The quantitative estimate of drug-likeness (QED) is 0.294. The zero-order chi connectivity index (χ0) is 27.7. The number of thiophene rings is 1. The Balaban J connectivity index is 1.57. The highest BCUT2D eigenvalue weighted by molar-refractivity contribution is 7.19. The number of pyridine rings is 2. The average molecular weight is 546 g/mol. The van der Waals surface area contributed by atoms with Crippen LogP contribution in [0.15, 0.2) is 24.4 Å². The first kappa shape index (κ1) is 26.3. The molecule has 3 aromatic heterocycles. The van der Waals surface area contributed by atoms with E-state index in [0.717, 1.165) is 6.07 Å². The van der Waals surface area contributed by atoms with Crippen molar-refractivity contribution in [2.75, 3.05) is 6.61 Å². The van der Waals surface area contributed by atoms with Crippen LogP contribution in [0.1, 0.15) is 54.2 Å². The number of ether oxygens (including phenoxy) is 1. The summed E-state index contributed by atoms with van der Waals surface area (Å²) in [6.45, 7) is 9.08. The van der Waals surface area contributed by atoms with E-state index < -0.39 is 17.8 Å². The van der Waals surface area contributed by atoms with Crippen LogP contribution < -0.4 is 0 Å². The number of carbonyl (C=O) groups is 3. The van der Waals surface area contributed by atoms with E-state index in [0.29, 0.717) is 20.7 Å². The number of rotatable bonds is 6. The zero-order valence-corrected chi connectivity index (χ0v) is 22.3. The number of amides is 2. The third kappa shape index (κ3) is 4.26. The molecule has 0 bridgehead atoms. The zero-order valence-electron chi connectivity index (χ0n) is 21.5. The molecule has 4 heterocycles. The van der Waals surface area contributed by atoms with Gasteiger partial charge >= 0.3 is 12.1 Å². The SMILES string of the molecule is Cc1cc(C(F)(F)F)nc(-c2ccnc3cc(CN4C(=O)C5C(C4=O)C5(C)C)sc23)c1C(=O)OCC(C)C. The second-order valence-corrected chi connectivity index (χ2v) is 12.0. The third-order valence-electron chi connectivity index (χ3n) is 7.18. The lowest BCUT2D eigenvalue weighted by molar-refractivity contribution is -0.144. The van der Waals surface area contributed by atoms with E-state index in [1.165, 1.54) is 35.4 Å². The Morgan fingerprint density at radius 2 is 1.84 bits per heavy atom. The predicted octanol–water partition coefficient (Wildman–Crippen LogP) is 5.64. The fourth-order valence-corrected chi connectivity index (χ4v) is 6.27. The van der Waals surface area contributed by atoms with E-state index in [4.69, 9.17) is 4.74 Å². The Hall–Kier alpha value is -3.34. The molecule has 1 aliphatic heterocycles. The molecular formula is C27H26F3N3O4S. The number of likely N-dealkylation sites (tertiary alicyclic amines) is 1. The number of fused-ring (bicyclic) bond motifs is 2. The molecule has 0 aromatic carbocycles. The Bertz CT molecular complexity index is 1470. The first-order valence-electron chi connectivity index (χ1n) is 12.2. The maximum absolute atomic E-state index is 13.7. The molecule has 5 rings (SSSR count). The molecule has 200 valence electrons. The second kappa shape index (κ2) is 8.86. The molecule has 0 N–H and O–H groups in total. The highest BCUT2D eigenvalue weighted by Gasteiger charge is 2.72. The molecule has 1 aliphatic carbocycles. The van der Waals surface area contributed by atoms with Gasteiger partial charge < -0.3 is 4.74 Å². The molecule has 2 fully saturated rings. The van der Waals surface area contributed by atoms with Crippen LogP contribution in [-0.2, 0) is 27.0 Å². The average Bonchev–Trinajstić information content (AvgIpc) is 3.08. The Morgan fingerprint density at radius 3 is 2.45 bits per heavy atom. The summed E-state index contributed by atoms with van der Waals surface area (Å²) in [4.78, 5) is 48.7. The van der Waals surface area contributed by atoms with E-state index in [2.05, 4.69) is 9.97 Å². The van der Waals surface area contributed by atoms with Crippen molar-refractivity contribution in [3.05, 3.63) is 46.1 Å². The number of nitrogens with zero attached hydrogens (tertiary/aromatic N) is 3. The number of esters is 1. The van der Waals surface area contributed by atoms with Crippen LogP contribution in [-0.4, -0.2) is 39.3 Å². The van der Waals surface area contributed by atoms with Gasteiger partial charge in [0.2, 0.25) is 11.8 Å². The lowest BCUT2D eigenvalue weighted by Crippen LogP contribution is -2.35. The van der Waals surface area contributed by atoms with E-state index >= 15 is 0 Å². The van der Waals surface area contributed by atoms with Gasteiger partial charge in [-0.05, 0) is 42.0 Å². The highest BCUT2D eigenvalue weighted by Crippen LogP contribution is 2.63. The standard InChI is InChI=1S/C27H26F3N3O4S/c1-12(2)11-37-25(36)18-13(3)8-17(27(28,29)30)32-21(18)15-6-7-31-16-9-14(38-22(15)16)10-33-23(34)19-20(24(33)35)26(19,4)5/h6-9,12,19-20H,10-11H2,1-5H3. The summed E-state index contributed by atoms with van der Waals surface area (Å²) in [6.07, 6.45) is -3.30. The van der Waals surface area contributed by atoms with Crippen molar-refractivity contribution in [2.45, 2.75) is 47.3 Å². The number of carbonyl (C=O) groups excluding carboxylic acids is 3. The van der Waals surface area contributed by atoms with Crippen LogP contribution in [0.4, 0.5) is 13.2 Å². The maximum Gasteiger partial charge on any atom is 0.433 e. The van der Waals surface area contributed by atoms with Gasteiger partial charge in [-0.1, -0.05) is 27.7 Å². The lowest BCUT2D eigenvalue weighted by Gasteiger charge is -2.19. The van der Waals surface area contributed by atoms with Gasteiger partial charge in [-0.15, -0.1) is 11.3 Å². The van der Waals surface area contributed by atoms with Crippen molar-refractivity contribution < 1.29 is 32.3 Å². The van der Waals surface area contributed by atoms with Crippen molar-refractivity contribution in [3.63, 3.8) is 0 Å². The van der Waals surface area contributed by atoms with Crippen LogP contribution in [0.2, 0.25) is 0 Å². The molecule has 2 aliphatic rings. The number of piperidine rings is 1. The molecule has 0 spiro atoms. The van der Waals surface area contributed by atoms with Gasteiger partial charge in [0.1, 0.15) is 5.69 Å². The van der Waals surface area contributed by atoms with Crippen LogP contribution >= 0.6 is 11.3 Å². The summed E-state index contributed by atoms with van der Waals surface area (Å²) >= 11 is 1.20. The van der Waals surface area contributed by atoms with Gasteiger partial charge in [-0.3, -0.25) is 19.5 Å². The van der Waals surface area contributed by atoms with E-state index in [9.17, 15) is 27.6 Å². The van der Waals surface area contributed by atoms with Crippen molar-refractivity contribution in [1.82, 2.24) is 14.9 Å². The molecule has 1 saturated carbocycles. The monoisotopic (exact) mass is 545 g/mol. The van der Waals surface area contributed by atoms with Gasteiger partial charge in [0.25, 0.3) is 0 Å². The van der Waals surface area contributed by atoms with Gasteiger partial charge in [0, 0.05) is 16.6 Å². The van der Waals surface area contributed by atoms with E-state index in [1.807, 2.05) is 27.7 Å². The molecular weight excluding hydrogens is 519 g/mol. The van der Waals surface area contributed by atoms with Gasteiger partial charge in [0.05, 0.1) is 46.5 Å². The van der Waals surface area contributed by atoms with Gasteiger partial charge in [0.15, 0.2) is 0 Å². The Kier molecular flexibility index (Phi) is 6.13. The molecule has 3 aromatic rings. The molecule has 7 nitrogen and oxygen atoms in total. The molecule has 11 heteroatoms. The van der Waals surface area contributed by atoms with Crippen molar-refractivity contribution in [3.8, 4) is 11.3 Å². The number of imide groups is 1. The molecule has 2 unspecified atom stereocenters. The van der Waals surface area contributed by atoms with Crippen LogP contribution in [0.5, 0.6) is 0 Å². The highest BCUT2D eigenvalue weighted by atomic mass is 32.1. The first-order chi connectivity index (χ1) is 17.7. The van der Waals surface area contributed by atoms with Crippen LogP contribution in [0.3, 0.4) is 0 Å². The van der Waals surface area contributed by atoms with Crippen molar-refractivity contribution in [1.29, 1.82) is 0 Å². The normalized spacial score (nSPS) is 20.4. The fraction of sp³-hybridized carbons (Fsp3) is 0.444. The van der Waals surface area contributed by atoms with Crippen molar-refractivity contribution >= 4 is 39.3 Å². The van der Waals surface area contributed by atoms with Gasteiger partial charge in [-0.2, -0.15) is 13.2 Å². The Labute approximate surface area is 221 Å². The minimum absolute atomic E-state index is 0.0326. The summed E-state index contributed by atoms with van der Waals surface area (Å²) < 4.78 is 47.0. The fourth-order valence-electron chi connectivity index (χ4n) is 5.15. The molecule has 2 atom stereocenters. The molecule has 1 saturated heterocycles. The number of hydrogen-bond donors (Lipinski definition) is 0. The first-order valence-corrected chi connectivity index (χ1v) is 13.0. The van der Waals surface area contributed by atoms with Gasteiger partial charge in [-0.25, -0.2) is 9.78 Å². The van der Waals surface area contributed by atoms with E-state index in [1.54, 1.807) is 6.07 Å². The topological polar surface area (TPSA) is 89.5 Å². The minimum atomic E-state index is -4.72. The molecule has 2 amide bonds.